The number of nitrogens with one attached hydrogen (secondary N) is 1. The van der Waals surface area contributed by atoms with E-state index >= 15 is 0 Å². The Balaban J connectivity index is 0.00000196. The minimum absolute atomic E-state index is 0. The number of rotatable bonds is 4. The van der Waals surface area contributed by atoms with Crippen LogP contribution in [0.2, 0.25) is 0 Å². The molecule has 0 aromatic rings. The molecule has 0 heterocycles. The molecule has 1 aliphatic carbocycles. The number of hydrogen-bond donors (Lipinski definition) is 1. The first kappa shape index (κ1) is 14.7. The van der Waals surface area contributed by atoms with Crippen molar-refractivity contribution in [2.75, 3.05) is 13.2 Å². The molecular formula is C11H22ClNO2. The first-order valence-electron chi connectivity index (χ1n) is 5.72. The summed E-state index contributed by atoms with van der Waals surface area (Å²) in [5.41, 5.74) is 0. The molecule has 0 spiro atoms. The summed E-state index contributed by atoms with van der Waals surface area (Å²) in [6, 6.07) is 0.530. The highest BCUT2D eigenvalue weighted by atomic mass is 35.5. The van der Waals surface area contributed by atoms with Gasteiger partial charge in [0.15, 0.2) is 0 Å². The Labute approximate surface area is 98.4 Å². The van der Waals surface area contributed by atoms with Crippen molar-refractivity contribution in [2.45, 2.75) is 51.5 Å². The van der Waals surface area contributed by atoms with Gasteiger partial charge in [0.1, 0.15) is 0 Å². The largest absolute Gasteiger partial charge is 0.465 e. The van der Waals surface area contributed by atoms with E-state index < -0.39 is 0 Å². The fraction of sp³-hybridized carbons (Fsp3) is 0.909. The van der Waals surface area contributed by atoms with E-state index in [0.29, 0.717) is 19.2 Å². The number of hydrogen-bond acceptors (Lipinski definition) is 3. The number of ether oxygens (including phenoxy) is 1. The van der Waals surface area contributed by atoms with Gasteiger partial charge in [0.2, 0.25) is 0 Å². The molecule has 90 valence electrons. The topological polar surface area (TPSA) is 38.3 Å². The summed E-state index contributed by atoms with van der Waals surface area (Å²) in [5.74, 6) is -0.128. The lowest BCUT2D eigenvalue weighted by Gasteiger charge is -2.15. The maximum absolute atomic E-state index is 11.1. The fourth-order valence-electron chi connectivity index (χ4n) is 1.92. The third-order valence-corrected chi connectivity index (χ3v) is 2.70. The van der Waals surface area contributed by atoms with Crippen LogP contribution in [0, 0.1) is 0 Å². The van der Waals surface area contributed by atoms with E-state index in [1.54, 1.807) is 0 Å². The van der Waals surface area contributed by atoms with Gasteiger partial charge in [-0.15, -0.1) is 12.4 Å². The zero-order valence-corrected chi connectivity index (χ0v) is 10.3. The highest BCUT2D eigenvalue weighted by Crippen LogP contribution is 2.16. The van der Waals surface area contributed by atoms with Crippen molar-refractivity contribution in [3.63, 3.8) is 0 Å². The quantitative estimate of drug-likeness (QED) is 0.600. The predicted molar refractivity (Wildman–Crippen MR) is 63.4 cm³/mol. The second kappa shape index (κ2) is 8.98. The second-order valence-electron chi connectivity index (χ2n) is 3.87. The van der Waals surface area contributed by atoms with Crippen molar-refractivity contribution in [1.29, 1.82) is 0 Å². The van der Waals surface area contributed by atoms with E-state index in [-0.39, 0.29) is 18.4 Å². The fourth-order valence-corrected chi connectivity index (χ4v) is 1.92. The molecule has 1 rings (SSSR count). The van der Waals surface area contributed by atoms with Crippen LogP contribution in [-0.2, 0) is 9.53 Å². The van der Waals surface area contributed by atoms with Gasteiger partial charge in [0, 0.05) is 6.04 Å². The summed E-state index contributed by atoms with van der Waals surface area (Å²) in [6.45, 7) is 2.69. The average molecular weight is 236 g/mol. The van der Waals surface area contributed by atoms with Crippen LogP contribution in [0.15, 0.2) is 0 Å². The third kappa shape index (κ3) is 6.74. The predicted octanol–water partition coefficient (Wildman–Crippen LogP) is 2.28. The number of halogens is 1. The molecule has 0 aromatic heterocycles. The van der Waals surface area contributed by atoms with Gasteiger partial charge in [-0.3, -0.25) is 4.79 Å². The van der Waals surface area contributed by atoms with E-state index in [2.05, 4.69) is 5.32 Å². The third-order valence-electron chi connectivity index (χ3n) is 2.70. The summed E-state index contributed by atoms with van der Waals surface area (Å²) >= 11 is 0. The summed E-state index contributed by atoms with van der Waals surface area (Å²) in [6.07, 6.45) is 7.69. The lowest BCUT2D eigenvalue weighted by Crippen LogP contribution is -2.34. The average Bonchev–Trinajstić information content (AvgIpc) is 2.43. The van der Waals surface area contributed by atoms with E-state index in [9.17, 15) is 4.79 Å². The first-order valence-corrected chi connectivity index (χ1v) is 5.72. The lowest BCUT2D eigenvalue weighted by molar-refractivity contribution is -0.142. The van der Waals surface area contributed by atoms with Crippen LogP contribution in [0.4, 0.5) is 0 Å². The highest BCUT2D eigenvalue weighted by Gasteiger charge is 2.12. The van der Waals surface area contributed by atoms with Crippen LogP contribution in [0.1, 0.15) is 45.4 Å². The summed E-state index contributed by atoms with van der Waals surface area (Å²) in [7, 11) is 0. The van der Waals surface area contributed by atoms with Crippen LogP contribution >= 0.6 is 12.4 Å². The Morgan fingerprint density at radius 1 is 1.27 bits per heavy atom. The molecule has 0 radical (unpaired) electrons. The first-order chi connectivity index (χ1) is 6.83. The lowest BCUT2D eigenvalue weighted by atomic mass is 10.1. The molecule has 0 aliphatic heterocycles. The smallest absolute Gasteiger partial charge is 0.319 e. The zero-order chi connectivity index (χ0) is 10.2. The summed E-state index contributed by atoms with van der Waals surface area (Å²) in [4.78, 5) is 11.1. The van der Waals surface area contributed by atoms with Crippen LogP contribution in [0.3, 0.4) is 0 Å². The van der Waals surface area contributed by atoms with E-state index in [1.807, 2.05) is 6.92 Å². The van der Waals surface area contributed by atoms with Gasteiger partial charge in [-0.1, -0.05) is 25.7 Å². The maximum atomic E-state index is 11.1. The van der Waals surface area contributed by atoms with Gasteiger partial charge in [0.05, 0.1) is 13.2 Å². The molecule has 1 saturated carbocycles. The molecule has 4 heteroatoms. The zero-order valence-electron chi connectivity index (χ0n) is 9.46. The van der Waals surface area contributed by atoms with E-state index in [1.165, 1.54) is 38.5 Å². The Hall–Kier alpha value is -0.280. The standard InChI is InChI=1S/C11H21NO2.ClH/c1-2-14-11(13)9-12-10-7-5-3-4-6-8-10;/h10,12H,2-9H2,1H3;1H. The Kier molecular flexibility index (Phi) is 8.82. The molecule has 15 heavy (non-hydrogen) atoms. The van der Waals surface area contributed by atoms with Crippen molar-refractivity contribution in [1.82, 2.24) is 5.32 Å². The molecule has 1 aliphatic rings. The van der Waals surface area contributed by atoms with Crippen LogP contribution in [-0.4, -0.2) is 25.2 Å². The minimum atomic E-state index is -0.128. The van der Waals surface area contributed by atoms with Crippen LogP contribution < -0.4 is 5.32 Å². The molecule has 1 fully saturated rings. The molecule has 1 N–H and O–H groups in total. The van der Waals surface area contributed by atoms with Gasteiger partial charge in [0.25, 0.3) is 0 Å². The molecule has 0 atom stereocenters. The summed E-state index contributed by atoms with van der Waals surface area (Å²) < 4.78 is 4.86. The number of esters is 1. The monoisotopic (exact) mass is 235 g/mol. The molecule has 3 nitrogen and oxygen atoms in total. The van der Waals surface area contributed by atoms with E-state index in [4.69, 9.17) is 4.74 Å². The molecule has 0 unspecified atom stereocenters. The van der Waals surface area contributed by atoms with Crippen molar-refractivity contribution < 1.29 is 9.53 Å². The van der Waals surface area contributed by atoms with Gasteiger partial charge in [-0.05, 0) is 19.8 Å². The van der Waals surface area contributed by atoms with Crippen LogP contribution in [0.25, 0.3) is 0 Å². The van der Waals surface area contributed by atoms with Gasteiger partial charge >= 0.3 is 5.97 Å². The Morgan fingerprint density at radius 2 is 1.87 bits per heavy atom. The normalized spacial score (nSPS) is 17.7. The molecule has 0 saturated heterocycles. The maximum Gasteiger partial charge on any atom is 0.319 e. The molecule has 0 bridgehead atoms. The van der Waals surface area contributed by atoms with Gasteiger partial charge in [-0.25, -0.2) is 0 Å². The van der Waals surface area contributed by atoms with E-state index in [0.717, 1.165) is 0 Å². The van der Waals surface area contributed by atoms with Crippen LogP contribution in [0.5, 0.6) is 0 Å². The Bertz CT molecular complexity index is 168. The highest BCUT2D eigenvalue weighted by molar-refractivity contribution is 5.85. The number of carbonyl (C=O) groups is 1. The molecular weight excluding hydrogens is 214 g/mol. The SMILES string of the molecule is CCOC(=O)CNC1CCCCCC1.Cl. The Morgan fingerprint density at radius 3 is 2.40 bits per heavy atom. The van der Waals surface area contributed by atoms with Crippen molar-refractivity contribution in [3.05, 3.63) is 0 Å². The molecule has 0 amide bonds. The van der Waals surface area contributed by atoms with Crippen molar-refractivity contribution >= 4 is 18.4 Å². The van der Waals surface area contributed by atoms with Gasteiger partial charge in [-0.2, -0.15) is 0 Å². The second-order valence-corrected chi connectivity index (χ2v) is 3.87. The van der Waals surface area contributed by atoms with Crippen molar-refractivity contribution in [3.8, 4) is 0 Å². The molecule has 0 aromatic carbocycles. The minimum Gasteiger partial charge on any atom is -0.465 e. The summed E-state index contributed by atoms with van der Waals surface area (Å²) in [5, 5.41) is 3.27. The van der Waals surface area contributed by atoms with Crippen molar-refractivity contribution in [2.24, 2.45) is 0 Å². The van der Waals surface area contributed by atoms with Gasteiger partial charge < -0.3 is 10.1 Å². The number of carbonyl (C=O) groups excluding carboxylic acids is 1.